The molecule has 3 aromatic carbocycles. The van der Waals surface area contributed by atoms with E-state index in [1.165, 1.54) is 24.3 Å². The molecule has 9 atom stereocenters. The van der Waals surface area contributed by atoms with Crippen LogP contribution in [0.1, 0.15) is 60.3 Å². The van der Waals surface area contributed by atoms with Crippen molar-refractivity contribution in [3.05, 3.63) is 82.9 Å². The van der Waals surface area contributed by atoms with Gasteiger partial charge in [0.05, 0.1) is 24.6 Å². The van der Waals surface area contributed by atoms with Gasteiger partial charge in [-0.05, 0) is 66.3 Å². The number of anilines is 2. The van der Waals surface area contributed by atoms with Crippen LogP contribution in [-0.2, 0) is 26.2 Å². The average molecular weight is 829 g/mol. The third kappa shape index (κ3) is 6.89. The summed E-state index contributed by atoms with van der Waals surface area (Å²) in [5.74, 6) is -7.47. The number of carbonyl (C=O) groups is 2. The summed E-state index contributed by atoms with van der Waals surface area (Å²) in [5, 5.41) is 100. The molecule has 5 aliphatic rings. The Kier molecular flexibility index (Phi) is 10.9. The highest BCUT2D eigenvalue weighted by Gasteiger charge is 2.60. The predicted octanol–water partition coefficient (Wildman–Crippen LogP) is 1.52. The van der Waals surface area contributed by atoms with Crippen molar-refractivity contribution >= 4 is 41.3 Å². The summed E-state index contributed by atoms with van der Waals surface area (Å²) in [4.78, 5) is 37.6. The molecule has 3 aromatic rings. The second-order valence-corrected chi connectivity index (χ2v) is 16.3. The fraction of sp³-hybridized carbons (Fsp3) is 0.442. The van der Waals surface area contributed by atoms with Crippen molar-refractivity contribution in [2.75, 3.05) is 36.6 Å². The van der Waals surface area contributed by atoms with Gasteiger partial charge >= 0.3 is 11.9 Å². The number of nitrogens with one attached hydrogen (secondary N) is 1. The summed E-state index contributed by atoms with van der Waals surface area (Å²) < 4.78 is 10.9. The van der Waals surface area contributed by atoms with E-state index in [4.69, 9.17) is 9.47 Å². The van der Waals surface area contributed by atoms with Crippen LogP contribution in [0, 0.1) is 5.41 Å². The molecule has 1 saturated carbocycles. The number of phenolic OH excluding ortho intramolecular Hbond substituents is 2. The van der Waals surface area contributed by atoms with Gasteiger partial charge in [0.25, 0.3) is 5.91 Å². The van der Waals surface area contributed by atoms with Crippen molar-refractivity contribution in [3.63, 3.8) is 0 Å². The number of carboxylic acids is 1. The summed E-state index contributed by atoms with van der Waals surface area (Å²) in [7, 11) is 0. The van der Waals surface area contributed by atoms with Gasteiger partial charge in [0, 0.05) is 59.3 Å². The molecule has 318 valence electrons. The molecule has 4 heterocycles. The number of ether oxygens (including phenoxy) is 2. The zero-order valence-corrected chi connectivity index (χ0v) is 32.5. The van der Waals surface area contributed by atoms with Crippen molar-refractivity contribution < 1.29 is 65.0 Å². The molecule has 0 aromatic heterocycles. The molecule has 2 fully saturated rings. The third-order valence-electron chi connectivity index (χ3n) is 13.0. The van der Waals surface area contributed by atoms with Crippen LogP contribution in [0.15, 0.2) is 70.7 Å². The van der Waals surface area contributed by atoms with Crippen LogP contribution in [-0.4, -0.2) is 133 Å². The van der Waals surface area contributed by atoms with Gasteiger partial charge in [0.1, 0.15) is 36.8 Å². The predicted molar refractivity (Wildman–Crippen MR) is 216 cm³/mol. The monoisotopic (exact) mass is 828 g/mol. The molecule has 0 radical (unpaired) electrons. The van der Waals surface area contributed by atoms with Crippen LogP contribution < -0.4 is 15.0 Å². The topological polar surface area (TPSA) is 275 Å². The summed E-state index contributed by atoms with van der Waals surface area (Å²) >= 11 is 0. The summed E-state index contributed by atoms with van der Waals surface area (Å²) in [6.45, 7) is -0.374. The molecule has 0 bridgehead atoms. The van der Waals surface area contributed by atoms with Gasteiger partial charge in [-0.25, -0.2) is 4.79 Å². The lowest BCUT2D eigenvalue weighted by molar-refractivity contribution is -0.422. The number of fused-ring (bicyclic) bond motifs is 4. The molecule has 4 aliphatic heterocycles. The van der Waals surface area contributed by atoms with Gasteiger partial charge in [-0.15, -0.1) is 0 Å². The first-order chi connectivity index (χ1) is 28.7. The van der Waals surface area contributed by atoms with E-state index in [9.17, 15) is 55.5 Å². The summed E-state index contributed by atoms with van der Waals surface area (Å²) in [6, 6.07) is 13.2. The second kappa shape index (κ2) is 15.9. The van der Waals surface area contributed by atoms with E-state index in [2.05, 4.69) is 15.3 Å². The first kappa shape index (κ1) is 41.3. The largest absolute Gasteiger partial charge is 0.508 e. The van der Waals surface area contributed by atoms with Gasteiger partial charge in [-0.1, -0.05) is 37.1 Å². The van der Waals surface area contributed by atoms with E-state index in [1.54, 1.807) is 18.3 Å². The fourth-order valence-electron chi connectivity index (χ4n) is 9.98. The Hall–Kier alpha value is -5.40. The van der Waals surface area contributed by atoms with E-state index in [1.807, 2.05) is 24.3 Å². The van der Waals surface area contributed by atoms with Crippen molar-refractivity contribution in [2.45, 2.75) is 86.3 Å². The number of aliphatic carboxylic acids is 1. The molecule has 10 N–H and O–H groups in total. The minimum absolute atomic E-state index is 0.0117. The van der Waals surface area contributed by atoms with E-state index in [0.29, 0.717) is 42.9 Å². The van der Waals surface area contributed by atoms with Crippen molar-refractivity contribution in [3.8, 4) is 17.2 Å². The van der Waals surface area contributed by atoms with Crippen LogP contribution in [0.4, 0.5) is 11.4 Å². The summed E-state index contributed by atoms with van der Waals surface area (Å²) in [5.41, 5.74) is 2.21. The number of aliphatic hydroxyl groups excluding tert-OH is 5. The molecule has 1 amide bonds. The maximum absolute atomic E-state index is 14.6. The lowest BCUT2D eigenvalue weighted by Gasteiger charge is -2.58. The lowest BCUT2D eigenvalue weighted by atomic mass is 9.49. The quantitative estimate of drug-likeness (QED) is 0.0971. The Bertz CT molecular complexity index is 2260. The Balaban J connectivity index is 1.23. The smallest absolute Gasteiger partial charge is 0.355 e. The van der Waals surface area contributed by atoms with E-state index >= 15 is 0 Å². The second-order valence-electron chi connectivity index (χ2n) is 16.3. The van der Waals surface area contributed by atoms with E-state index in [-0.39, 0.29) is 36.4 Å². The highest BCUT2D eigenvalue weighted by atomic mass is 16.8. The van der Waals surface area contributed by atoms with Crippen LogP contribution in [0.25, 0.3) is 6.08 Å². The van der Waals surface area contributed by atoms with Crippen molar-refractivity contribution in [1.82, 2.24) is 0 Å². The van der Waals surface area contributed by atoms with Crippen LogP contribution in [0.5, 0.6) is 17.2 Å². The molecule has 8 rings (SSSR count). The minimum Gasteiger partial charge on any atom is -0.508 e. The molecule has 0 spiro atoms. The Morgan fingerprint density at radius 1 is 1.00 bits per heavy atom. The number of rotatable bonds is 11. The fourth-order valence-corrected chi connectivity index (χ4v) is 9.98. The third-order valence-corrected chi connectivity index (χ3v) is 13.0. The normalized spacial score (nSPS) is 31.9. The summed E-state index contributed by atoms with van der Waals surface area (Å²) in [6.07, 6.45) is -0.230. The Morgan fingerprint density at radius 2 is 1.78 bits per heavy atom. The highest BCUT2D eigenvalue weighted by molar-refractivity contribution is 6.32. The van der Waals surface area contributed by atoms with Gasteiger partial charge in [0.2, 0.25) is 0 Å². The van der Waals surface area contributed by atoms with Crippen molar-refractivity contribution in [2.24, 2.45) is 15.4 Å². The number of aliphatic hydroxyl groups is 6. The zero-order valence-electron chi connectivity index (χ0n) is 32.5. The Morgan fingerprint density at radius 3 is 2.52 bits per heavy atom. The molecule has 17 heteroatoms. The molecule has 1 aliphatic carbocycles. The first-order valence-corrected chi connectivity index (χ1v) is 19.9. The number of para-hydroxylation sites is 1. The van der Waals surface area contributed by atoms with Crippen molar-refractivity contribution in [1.29, 1.82) is 0 Å². The van der Waals surface area contributed by atoms with Gasteiger partial charge in [-0.2, -0.15) is 0 Å². The number of nitrogens with zero attached hydrogens (tertiary/aromatic N) is 3. The molecule has 1 saturated heterocycles. The van der Waals surface area contributed by atoms with Crippen LogP contribution in [0.2, 0.25) is 0 Å². The lowest BCUT2D eigenvalue weighted by Crippen LogP contribution is -2.67. The number of amides is 1. The van der Waals surface area contributed by atoms with Crippen LogP contribution >= 0.6 is 0 Å². The highest BCUT2D eigenvalue weighted by Crippen LogP contribution is 2.62. The van der Waals surface area contributed by atoms with Gasteiger partial charge in [0.15, 0.2) is 17.6 Å². The maximum Gasteiger partial charge on any atom is 0.355 e. The first-order valence-electron chi connectivity index (χ1n) is 19.9. The van der Waals surface area contributed by atoms with E-state index in [0.717, 1.165) is 35.1 Å². The standard InChI is InChI=1S/C43H48N4O13/c48-19-34-37(53)38(54)39(55)43(58,60-34)59-33-16-30-26(15-32(33)51)27(17-42-12-4-3-11-41(42,21-49)20-45-29-6-2-1-5-28(29)42)36(40(56)57)47(30)35(52)10-8-23-7-9-31(50)24(13-23)14-25-18-44-22-46-25/h1-2,5-10,13,15-16,18,27,34,36-39,45,48-51,53-55,58H,3-4,11-12,14,17,19-22H2,(H,56,57). The molecule has 17 nitrogen and oxygen atoms in total. The number of aromatic hydroxyl groups is 2. The average Bonchev–Trinajstić information content (AvgIpc) is 3.87. The van der Waals surface area contributed by atoms with E-state index < -0.39 is 83.2 Å². The van der Waals surface area contributed by atoms with Gasteiger partial charge < -0.3 is 60.7 Å². The van der Waals surface area contributed by atoms with Gasteiger partial charge in [-0.3, -0.25) is 19.7 Å². The molecular formula is C43H48N4O13. The molecular weight excluding hydrogens is 780 g/mol. The molecule has 9 unspecified atom stereocenters. The number of benzene rings is 3. The number of aliphatic imine (C=N–C) groups is 2. The number of phenols is 2. The number of carboxylic acid groups (broad SMARTS) is 1. The number of carbonyl (C=O) groups excluding carboxylic acids is 1. The minimum atomic E-state index is -3.14. The number of hydrogen-bond donors (Lipinski definition) is 10. The molecule has 60 heavy (non-hydrogen) atoms. The SMILES string of the molecule is O=C(O)C1C(CC23CCCCC2(CO)CNc2ccccc23)c2cc(O)c(OC3(O)OC(CO)C(O)C(O)C3O)cc2N1C(=O)C=Cc1ccc(O)c(CC2=NCN=C2)c1. The Labute approximate surface area is 344 Å². The zero-order chi connectivity index (χ0) is 42.6. The van der Waals surface area contributed by atoms with Crippen LogP contribution in [0.3, 0.4) is 0 Å². The number of hydrogen-bond acceptors (Lipinski definition) is 15. The maximum atomic E-state index is 14.6.